The first-order chi connectivity index (χ1) is 6.77. The van der Waals surface area contributed by atoms with Gasteiger partial charge in [-0.05, 0) is 31.6 Å². The molecule has 4 nitrogen and oxygen atoms in total. The maximum atomic E-state index is 7.90. The van der Waals surface area contributed by atoms with Crippen LogP contribution in [0.2, 0.25) is 0 Å². The molecular formula is C9H11N3OS. The molecule has 0 bridgehead atoms. The van der Waals surface area contributed by atoms with Crippen molar-refractivity contribution in [1.82, 2.24) is 0 Å². The maximum absolute atomic E-state index is 7.90. The number of methoxy groups -OCH3 is 1. The van der Waals surface area contributed by atoms with Gasteiger partial charge in [-0.25, -0.2) is 9.39 Å². The van der Waals surface area contributed by atoms with Gasteiger partial charge in [-0.3, -0.25) is 5.41 Å². The zero-order valence-corrected chi connectivity index (χ0v) is 8.71. The van der Waals surface area contributed by atoms with Gasteiger partial charge in [0, 0.05) is 11.8 Å². The van der Waals surface area contributed by atoms with Crippen molar-refractivity contribution in [3.8, 4) is 0 Å². The van der Waals surface area contributed by atoms with E-state index in [1.54, 1.807) is 6.20 Å². The van der Waals surface area contributed by atoms with E-state index in [9.17, 15) is 0 Å². The van der Waals surface area contributed by atoms with Gasteiger partial charge in [0.1, 0.15) is 0 Å². The fourth-order valence-corrected chi connectivity index (χ4v) is 1.63. The minimum absolute atomic E-state index is 0.370. The Balaban J connectivity index is 2.35. The van der Waals surface area contributed by atoms with Crippen LogP contribution in [0, 0.1) is 11.3 Å². The van der Waals surface area contributed by atoms with Crippen molar-refractivity contribution in [1.29, 1.82) is 5.41 Å². The minimum atomic E-state index is 0.370. The summed E-state index contributed by atoms with van der Waals surface area (Å²) >= 11 is 3.82. The second kappa shape index (κ2) is 3.57. The van der Waals surface area contributed by atoms with Crippen molar-refractivity contribution in [2.24, 2.45) is 15.3 Å². The van der Waals surface area contributed by atoms with Gasteiger partial charge in [0.05, 0.1) is 12.8 Å². The highest BCUT2D eigenvalue weighted by atomic mass is 32.1. The molecule has 1 fully saturated rings. The molecule has 0 aromatic rings. The molecule has 5 heteroatoms. The average molecular weight is 209 g/mol. The van der Waals surface area contributed by atoms with E-state index in [1.165, 1.54) is 7.11 Å². The Morgan fingerprint density at radius 3 is 2.86 bits per heavy atom. The smallest absolute Gasteiger partial charge is 0.242 e. The average Bonchev–Trinajstić information content (AvgIpc) is 3.00. The van der Waals surface area contributed by atoms with Crippen LogP contribution in [0.15, 0.2) is 21.2 Å². The van der Waals surface area contributed by atoms with E-state index in [0.29, 0.717) is 23.2 Å². The molecule has 2 aliphatic rings. The lowest BCUT2D eigenvalue weighted by molar-refractivity contribution is 0.411. The van der Waals surface area contributed by atoms with Gasteiger partial charge in [0.2, 0.25) is 5.90 Å². The Morgan fingerprint density at radius 1 is 1.64 bits per heavy atom. The van der Waals surface area contributed by atoms with E-state index in [-0.39, 0.29) is 0 Å². The largest absolute Gasteiger partial charge is 0.479 e. The van der Waals surface area contributed by atoms with Gasteiger partial charge >= 0.3 is 0 Å². The molecule has 0 amide bonds. The predicted molar refractivity (Wildman–Crippen MR) is 59.4 cm³/mol. The van der Waals surface area contributed by atoms with Crippen LogP contribution in [0.1, 0.15) is 12.8 Å². The Morgan fingerprint density at radius 2 is 2.36 bits per heavy atom. The van der Waals surface area contributed by atoms with Crippen LogP contribution in [0.3, 0.4) is 0 Å². The van der Waals surface area contributed by atoms with Crippen molar-refractivity contribution < 1.29 is 4.74 Å². The first-order valence-electron chi connectivity index (χ1n) is 4.41. The fraction of sp³-hybridized carbons (Fsp3) is 0.444. The summed E-state index contributed by atoms with van der Waals surface area (Å²) in [6.45, 7) is 0. The molecule has 1 aliphatic carbocycles. The quantitative estimate of drug-likeness (QED) is 0.634. The van der Waals surface area contributed by atoms with Gasteiger partial charge in [-0.1, -0.05) is 0 Å². The molecule has 1 saturated carbocycles. The van der Waals surface area contributed by atoms with Gasteiger partial charge < -0.3 is 4.74 Å². The molecule has 0 spiro atoms. The lowest BCUT2D eigenvalue weighted by Crippen LogP contribution is -2.29. The highest BCUT2D eigenvalue weighted by Crippen LogP contribution is 2.38. The van der Waals surface area contributed by atoms with E-state index >= 15 is 0 Å². The standard InChI is InChI=1S/C9H11N3OS/c1-13-9-8(12-14)7(10)6(4-11-9)5-2-3-5/h4-5,10,14H,2-3H2,1H3/b10-7?,12-8+. The number of allylic oxidation sites excluding steroid dienone is 1. The van der Waals surface area contributed by atoms with Crippen molar-refractivity contribution in [2.45, 2.75) is 12.8 Å². The van der Waals surface area contributed by atoms with E-state index in [1.807, 2.05) is 0 Å². The number of aliphatic imine (C=N–C) groups is 1. The van der Waals surface area contributed by atoms with Gasteiger partial charge in [-0.15, -0.1) is 0 Å². The highest BCUT2D eigenvalue weighted by molar-refractivity contribution is 7.79. The Bertz CT molecular complexity index is 366. The van der Waals surface area contributed by atoms with Crippen molar-refractivity contribution >= 4 is 30.1 Å². The lowest BCUT2D eigenvalue weighted by atomic mass is 10.0. The number of thiol groups is 1. The van der Waals surface area contributed by atoms with Crippen LogP contribution in [-0.2, 0) is 4.74 Å². The van der Waals surface area contributed by atoms with Crippen LogP contribution in [-0.4, -0.2) is 24.4 Å². The first-order valence-corrected chi connectivity index (χ1v) is 4.81. The zero-order chi connectivity index (χ0) is 10.1. The Kier molecular flexibility index (Phi) is 2.41. The predicted octanol–water partition coefficient (Wildman–Crippen LogP) is 1.64. The second-order valence-electron chi connectivity index (χ2n) is 3.32. The number of hydrogen-bond acceptors (Lipinski definition) is 5. The topological polar surface area (TPSA) is 57.8 Å². The summed E-state index contributed by atoms with van der Waals surface area (Å²) in [5.41, 5.74) is 1.79. The van der Waals surface area contributed by atoms with Crippen LogP contribution in [0.5, 0.6) is 0 Å². The Hall–Kier alpha value is -1.10. The van der Waals surface area contributed by atoms with E-state index < -0.39 is 0 Å². The number of nitrogens with one attached hydrogen (secondary N) is 1. The van der Waals surface area contributed by atoms with Crippen molar-refractivity contribution in [3.63, 3.8) is 0 Å². The molecule has 1 N–H and O–H groups in total. The monoisotopic (exact) mass is 209 g/mol. The third-order valence-electron chi connectivity index (χ3n) is 2.36. The summed E-state index contributed by atoms with van der Waals surface area (Å²) in [5.74, 6) is 0.865. The van der Waals surface area contributed by atoms with Crippen molar-refractivity contribution in [3.05, 3.63) is 11.8 Å². The summed E-state index contributed by atoms with van der Waals surface area (Å²) in [4.78, 5) is 4.11. The van der Waals surface area contributed by atoms with Crippen LogP contribution >= 0.6 is 12.8 Å². The summed E-state index contributed by atoms with van der Waals surface area (Å²) in [6.07, 6.45) is 4.00. The SMILES string of the molecule is COC1=NC=C(C2CC2)C(=N)/C1=N\S. The molecule has 0 unspecified atom stereocenters. The third kappa shape index (κ3) is 1.48. The van der Waals surface area contributed by atoms with E-state index in [2.05, 4.69) is 22.2 Å². The molecule has 1 aliphatic heterocycles. The van der Waals surface area contributed by atoms with Gasteiger partial charge in [0.15, 0.2) is 5.71 Å². The van der Waals surface area contributed by atoms with E-state index in [0.717, 1.165) is 18.4 Å². The normalized spacial score (nSPS) is 24.7. The number of rotatable bonds is 1. The van der Waals surface area contributed by atoms with E-state index in [4.69, 9.17) is 10.1 Å². The van der Waals surface area contributed by atoms with Gasteiger partial charge in [0.25, 0.3) is 0 Å². The third-order valence-corrected chi connectivity index (χ3v) is 2.56. The molecule has 14 heavy (non-hydrogen) atoms. The molecule has 0 saturated heterocycles. The lowest BCUT2D eigenvalue weighted by Gasteiger charge is -2.14. The maximum Gasteiger partial charge on any atom is 0.242 e. The Labute approximate surface area is 87.8 Å². The molecule has 0 aromatic heterocycles. The summed E-state index contributed by atoms with van der Waals surface area (Å²) < 4.78 is 8.73. The minimum Gasteiger partial charge on any atom is -0.479 e. The number of hydrogen-bond donors (Lipinski definition) is 2. The molecule has 2 rings (SSSR count). The second-order valence-corrected chi connectivity index (χ2v) is 3.52. The molecule has 0 radical (unpaired) electrons. The van der Waals surface area contributed by atoms with Crippen LogP contribution in [0.25, 0.3) is 0 Å². The summed E-state index contributed by atoms with van der Waals surface area (Å²) in [5, 5.41) is 7.90. The number of ether oxygens (including phenoxy) is 1. The van der Waals surface area contributed by atoms with Gasteiger partial charge in [-0.2, -0.15) is 0 Å². The number of nitrogens with zero attached hydrogens (tertiary/aromatic N) is 2. The summed E-state index contributed by atoms with van der Waals surface area (Å²) in [7, 11) is 1.51. The molecule has 74 valence electrons. The molecule has 1 heterocycles. The van der Waals surface area contributed by atoms with Crippen LogP contribution < -0.4 is 0 Å². The highest BCUT2D eigenvalue weighted by Gasteiger charge is 2.33. The summed E-state index contributed by atoms with van der Waals surface area (Å²) in [6, 6.07) is 0. The fourth-order valence-electron chi connectivity index (χ4n) is 1.44. The van der Waals surface area contributed by atoms with Crippen molar-refractivity contribution in [2.75, 3.05) is 7.11 Å². The first kappa shape index (κ1) is 9.45. The molecule has 0 aromatic carbocycles. The molecule has 0 atom stereocenters. The van der Waals surface area contributed by atoms with Crippen LogP contribution in [0.4, 0.5) is 0 Å². The zero-order valence-electron chi connectivity index (χ0n) is 7.82. The molecular weight excluding hydrogens is 198 g/mol.